The largest absolute Gasteiger partial charge is 0.495 e. The average Bonchev–Trinajstić information content (AvgIpc) is 3.30. The van der Waals surface area contributed by atoms with Crippen LogP contribution in [0.1, 0.15) is 54.6 Å². The first kappa shape index (κ1) is 34.1. The van der Waals surface area contributed by atoms with Gasteiger partial charge < -0.3 is 25.2 Å². The van der Waals surface area contributed by atoms with Crippen molar-refractivity contribution in [2.24, 2.45) is 5.41 Å². The van der Waals surface area contributed by atoms with Crippen LogP contribution in [0.25, 0.3) is 0 Å². The summed E-state index contributed by atoms with van der Waals surface area (Å²) in [4.78, 5) is 26.5. The van der Waals surface area contributed by atoms with E-state index in [1.165, 1.54) is 55.6 Å². The fourth-order valence-corrected chi connectivity index (χ4v) is 6.25. The number of carbonyl (C=O) groups is 2. The number of carbonyl (C=O) groups excluding carboxylic acids is 2. The van der Waals surface area contributed by atoms with Crippen molar-refractivity contribution in [2.75, 3.05) is 25.6 Å². The minimum atomic E-state index is -1.79. The number of hydrogen-bond donors (Lipinski definition) is 3. The topological polar surface area (TPSA) is 121 Å². The van der Waals surface area contributed by atoms with E-state index in [4.69, 9.17) is 37.8 Å². The third kappa shape index (κ3) is 6.92. The summed E-state index contributed by atoms with van der Waals surface area (Å²) in [6.45, 7) is 5.28. The Morgan fingerprint density at radius 3 is 2.49 bits per heavy atom. The molecule has 0 aliphatic carbocycles. The molecule has 238 valence electrons. The van der Waals surface area contributed by atoms with Crippen LogP contribution >= 0.6 is 23.2 Å². The second kappa shape index (κ2) is 13.7. The fraction of sp³-hybridized carbons (Fsp3) is 0.364. The maximum atomic E-state index is 15.9. The molecule has 0 saturated carbocycles. The molecule has 4 rings (SSSR count). The summed E-state index contributed by atoms with van der Waals surface area (Å²) >= 11 is 12.3. The zero-order chi connectivity index (χ0) is 33.1. The molecule has 12 heteroatoms. The van der Waals surface area contributed by atoms with Crippen LogP contribution in [0, 0.1) is 28.4 Å². The fourth-order valence-electron chi connectivity index (χ4n) is 5.91. The van der Waals surface area contributed by atoms with Gasteiger partial charge in [-0.3, -0.25) is 4.79 Å². The Balaban J connectivity index is 1.88. The molecule has 1 saturated heterocycles. The quantitative estimate of drug-likeness (QED) is 0.228. The molecule has 3 aromatic carbocycles. The van der Waals surface area contributed by atoms with E-state index in [-0.39, 0.29) is 51.4 Å². The number of halogens is 4. The zero-order valence-corrected chi connectivity index (χ0v) is 26.6. The summed E-state index contributed by atoms with van der Waals surface area (Å²) in [5, 5.41) is 25.8. The number of esters is 1. The number of nitrogens with zero attached hydrogens (tertiary/aromatic N) is 1. The SMILES string of the molecule is COc1cc(C(=O)OCCO)ccc1NC(=O)C1NC(CC(C)(C)C)C(C#N)(c2ccc(Cl)cc2F)C1c1cccc(Cl)c1F. The van der Waals surface area contributed by atoms with Gasteiger partial charge in [-0.25, -0.2) is 13.6 Å². The molecule has 1 amide bonds. The van der Waals surface area contributed by atoms with Crippen molar-refractivity contribution in [2.45, 2.75) is 50.6 Å². The number of rotatable bonds is 9. The number of nitriles is 1. The molecule has 0 aromatic heterocycles. The number of aliphatic hydroxyl groups excluding tert-OH is 1. The van der Waals surface area contributed by atoms with Crippen molar-refractivity contribution in [3.8, 4) is 11.8 Å². The lowest BCUT2D eigenvalue weighted by Gasteiger charge is -2.37. The summed E-state index contributed by atoms with van der Waals surface area (Å²) < 4.78 is 42.0. The Labute approximate surface area is 270 Å². The standard InChI is InChI=1S/C33H33Cl2F2N3O5/c1-32(2,3)16-26-33(17-38,21-10-9-19(34)15-23(21)36)27(20-6-5-7-22(35)28(20)37)29(40-26)30(42)39-24-11-8-18(14-25(24)44-4)31(43)45-13-12-41/h5-11,14-15,26-27,29,40-41H,12-13,16H2,1-4H3,(H,39,42). The van der Waals surface area contributed by atoms with Crippen molar-refractivity contribution in [1.82, 2.24) is 5.32 Å². The predicted molar refractivity (Wildman–Crippen MR) is 167 cm³/mol. The van der Waals surface area contributed by atoms with Crippen molar-refractivity contribution in [1.29, 1.82) is 5.26 Å². The maximum absolute atomic E-state index is 15.9. The molecule has 0 bridgehead atoms. The second-order valence-electron chi connectivity index (χ2n) is 12.0. The highest BCUT2D eigenvalue weighted by atomic mass is 35.5. The highest BCUT2D eigenvalue weighted by molar-refractivity contribution is 6.31. The Hall–Kier alpha value is -3.75. The Bertz CT molecular complexity index is 1640. The van der Waals surface area contributed by atoms with Crippen molar-refractivity contribution in [3.05, 3.63) is 93.0 Å². The average molecular weight is 661 g/mol. The highest BCUT2D eigenvalue weighted by Crippen LogP contribution is 2.53. The van der Waals surface area contributed by atoms with Gasteiger partial charge >= 0.3 is 5.97 Å². The van der Waals surface area contributed by atoms with Gasteiger partial charge in [0.1, 0.15) is 29.4 Å². The van der Waals surface area contributed by atoms with E-state index in [1.54, 1.807) is 0 Å². The Morgan fingerprint density at radius 2 is 1.87 bits per heavy atom. The van der Waals surface area contributed by atoms with Crippen LogP contribution in [-0.2, 0) is 14.9 Å². The van der Waals surface area contributed by atoms with Crippen LogP contribution in [0.15, 0.2) is 54.6 Å². The molecule has 1 fully saturated rings. The van der Waals surface area contributed by atoms with Gasteiger partial charge in [-0.15, -0.1) is 0 Å². The van der Waals surface area contributed by atoms with Crippen LogP contribution in [0.5, 0.6) is 5.75 Å². The van der Waals surface area contributed by atoms with Gasteiger partial charge in [0, 0.05) is 22.5 Å². The molecule has 1 aliphatic rings. The lowest BCUT2D eigenvalue weighted by Crippen LogP contribution is -2.45. The van der Waals surface area contributed by atoms with Gasteiger partial charge in [-0.05, 0) is 53.8 Å². The molecule has 1 heterocycles. The van der Waals surface area contributed by atoms with E-state index in [0.717, 1.165) is 6.07 Å². The third-order valence-electron chi connectivity index (χ3n) is 7.75. The number of nitrogens with one attached hydrogen (secondary N) is 2. The molecule has 1 aliphatic heterocycles. The smallest absolute Gasteiger partial charge is 0.338 e. The van der Waals surface area contributed by atoms with Gasteiger partial charge in [0.15, 0.2) is 0 Å². The van der Waals surface area contributed by atoms with Gasteiger partial charge in [0.2, 0.25) is 5.91 Å². The molecule has 4 atom stereocenters. The number of anilines is 1. The second-order valence-corrected chi connectivity index (χ2v) is 12.8. The summed E-state index contributed by atoms with van der Waals surface area (Å²) in [6, 6.07) is 12.6. The first-order valence-electron chi connectivity index (χ1n) is 14.1. The summed E-state index contributed by atoms with van der Waals surface area (Å²) in [7, 11) is 1.34. The van der Waals surface area contributed by atoms with E-state index >= 15 is 8.78 Å². The van der Waals surface area contributed by atoms with Crippen LogP contribution in [0.3, 0.4) is 0 Å². The number of amides is 1. The lowest BCUT2D eigenvalue weighted by atomic mass is 9.62. The van der Waals surface area contributed by atoms with Gasteiger partial charge in [-0.1, -0.05) is 62.2 Å². The Kier molecular flexibility index (Phi) is 10.4. The van der Waals surface area contributed by atoms with E-state index in [0.29, 0.717) is 6.42 Å². The number of hydrogen-bond acceptors (Lipinski definition) is 7. The van der Waals surface area contributed by atoms with E-state index in [9.17, 15) is 14.9 Å². The van der Waals surface area contributed by atoms with Gasteiger partial charge in [0.05, 0.1) is 42.1 Å². The molecule has 4 unspecified atom stereocenters. The minimum absolute atomic E-state index is 0.0425. The van der Waals surface area contributed by atoms with Crippen LogP contribution in [-0.4, -0.2) is 49.4 Å². The monoisotopic (exact) mass is 659 g/mol. The first-order chi connectivity index (χ1) is 21.3. The first-order valence-corrected chi connectivity index (χ1v) is 14.9. The van der Waals surface area contributed by atoms with Crippen molar-refractivity contribution in [3.63, 3.8) is 0 Å². The van der Waals surface area contributed by atoms with Gasteiger partial charge in [-0.2, -0.15) is 5.26 Å². The van der Waals surface area contributed by atoms with E-state index < -0.39 is 52.3 Å². The summed E-state index contributed by atoms with van der Waals surface area (Å²) in [6.07, 6.45) is 0.305. The molecule has 3 aromatic rings. The zero-order valence-electron chi connectivity index (χ0n) is 25.1. The van der Waals surface area contributed by atoms with Crippen molar-refractivity contribution < 1.29 is 33.0 Å². The van der Waals surface area contributed by atoms with E-state index in [2.05, 4.69) is 16.7 Å². The number of benzene rings is 3. The molecule has 0 spiro atoms. The number of aliphatic hydroxyl groups is 1. The number of methoxy groups -OCH3 is 1. The minimum Gasteiger partial charge on any atom is -0.495 e. The van der Waals surface area contributed by atoms with E-state index in [1.807, 2.05) is 20.8 Å². The number of ether oxygens (including phenoxy) is 2. The lowest BCUT2D eigenvalue weighted by molar-refractivity contribution is -0.118. The normalized spacial score (nSPS) is 21.2. The predicted octanol–water partition coefficient (Wildman–Crippen LogP) is 6.39. The molecule has 0 radical (unpaired) electrons. The van der Waals surface area contributed by atoms with Crippen LogP contribution < -0.4 is 15.4 Å². The molecule has 45 heavy (non-hydrogen) atoms. The van der Waals surface area contributed by atoms with Crippen LogP contribution in [0.2, 0.25) is 10.0 Å². The molecule has 3 N–H and O–H groups in total. The molecule has 8 nitrogen and oxygen atoms in total. The summed E-state index contributed by atoms with van der Waals surface area (Å²) in [5.74, 6) is -4.13. The van der Waals surface area contributed by atoms with Crippen LogP contribution in [0.4, 0.5) is 14.5 Å². The maximum Gasteiger partial charge on any atom is 0.338 e. The Morgan fingerprint density at radius 1 is 1.13 bits per heavy atom. The molecular weight excluding hydrogens is 627 g/mol. The highest BCUT2D eigenvalue weighted by Gasteiger charge is 2.61. The molecular formula is C33H33Cl2F2N3O5. The third-order valence-corrected chi connectivity index (χ3v) is 8.28. The van der Waals surface area contributed by atoms with Gasteiger partial charge in [0.25, 0.3) is 0 Å². The van der Waals surface area contributed by atoms with Crippen molar-refractivity contribution >= 4 is 40.8 Å². The summed E-state index contributed by atoms with van der Waals surface area (Å²) in [5.41, 5.74) is -2.00.